The van der Waals surface area contributed by atoms with Crippen molar-refractivity contribution >= 4 is 23.6 Å². The second kappa shape index (κ2) is 6.48. The average molecular weight is 279 g/mol. The number of nitrogens with one attached hydrogen (secondary N) is 2. The number of urea groups is 1. The second-order valence-corrected chi connectivity index (χ2v) is 4.29. The third-order valence-electron chi connectivity index (χ3n) is 1.92. The molecule has 8 heteroatoms. The fourth-order valence-corrected chi connectivity index (χ4v) is 1.41. The summed E-state index contributed by atoms with van der Waals surface area (Å²) in [7, 11) is 0. The van der Waals surface area contributed by atoms with Gasteiger partial charge in [-0.25, -0.2) is 9.78 Å². The highest BCUT2D eigenvalue weighted by Crippen LogP contribution is 2.29. The Morgan fingerprint density at radius 1 is 1.50 bits per heavy atom. The second-order valence-electron chi connectivity index (χ2n) is 3.30. The van der Waals surface area contributed by atoms with E-state index in [-0.39, 0.29) is 5.82 Å². The van der Waals surface area contributed by atoms with Crippen LogP contribution in [0.2, 0.25) is 0 Å². The summed E-state index contributed by atoms with van der Waals surface area (Å²) in [5.41, 5.74) is -0.850. The summed E-state index contributed by atoms with van der Waals surface area (Å²) < 4.78 is 37.2. The van der Waals surface area contributed by atoms with E-state index in [4.69, 9.17) is 0 Å². The fraction of sp³-hybridized carbons (Fsp3) is 0.400. The molecule has 0 unspecified atom stereocenters. The molecule has 0 fully saturated rings. The number of aromatic nitrogens is 1. The Morgan fingerprint density at radius 3 is 2.83 bits per heavy atom. The van der Waals surface area contributed by atoms with Crippen LogP contribution in [0.3, 0.4) is 0 Å². The van der Waals surface area contributed by atoms with E-state index in [1.807, 2.05) is 6.26 Å². The van der Waals surface area contributed by atoms with Crippen molar-refractivity contribution < 1.29 is 18.0 Å². The molecule has 100 valence electrons. The van der Waals surface area contributed by atoms with Gasteiger partial charge in [0.1, 0.15) is 5.82 Å². The van der Waals surface area contributed by atoms with Crippen LogP contribution in [0.4, 0.5) is 23.8 Å². The lowest BCUT2D eigenvalue weighted by Crippen LogP contribution is -2.30. The summed E-state index contributed by atoms with van der Waals surface area (Å²) in [5, 5.41) is 4.74. The number of rotatable bonds is 4. The lowest BCUT2D eigenvalue weighted by molar-refractivity contribution is -0.137. The number of thioether (sulfide) groups is 1. The SMILES string of the molecule is CSCCNC(=O)Nc1cc(C(F)(F)F)ccn1. The molecule has 0 saturated carbocycles. The summed E-state index contributed by atoms with van der Waals surface area (Å²) in [4.78, 5) is 14.9. The average Bonchev–Trinajstić information content (AvgIpc) is 2.28. The minimum absolute atomic E-state index is 0.133. The fourth-order valence-electron chi connectivity index (χ4n) is 1.10. The number of nitrogens with zero attached hydrogens (tertiary/aromatic N) is 1. The van der Waals surface area contributed by atoms with Gasteiger partial charge in [0.15, 0.2) is 0 Å². The third kappa shape index (κ3) is 4.82. The first-order valence-corrected chi connectivity index (χ1v) is 6.40. The molecule has 18 heavy (non-hydrogen) atoms. The number of alkyl halides is 3. The van der Waals surface area contributed by atoms with E-state index in [9.17, 15) is 18.0 Å². The van der Waals surface area contributed by atoms with E-state index in [1.165, 1.54) is 0 Å². The first-order chi connectivity index (χ1) is 8.43. The summed E-state index contributed by atoms with van der Waals surface area (Å²) >= 11 is 1.55. The minimum atomic E-state index is -4.45. The van der Waals surface area contributed by atoms with Gasteiger partial charge in [-0.3, -0.25) is 5.32 Å². The lowest BCUT2D eigenvalue weighted by Gasteiger charge is -2.09. The van der Waals surface area contributed by atoms with Crippen molar-refractivity contribution in [1.82, 2.24) is 10.3 Å². The maximum absolute atomic E-state index is 12.4. The van der Waals surface area contributed by atoms with Crippen LogP contribution >= 0.6 is 11.8 Å². The van der Waals surface area contributed by atoms with Gasteiger partial charge in [0, 0.05) is 18.5 Å². The first-order valence-electron chi connectivity index (χ1n) is 5.00. The number of hydrogen-bond acceptors (Lipinski definition) is 3. The van der Waals surface area contributed by atoms with Gasteiger partial charge in [-0.1, -0.05) is 0 Å². The Bertz CT molecular complexity index is 412. The standard InChI is InChI=1S/C10H12F3N3OS/c1-18-5-4-15-9(17)16-8-6-7(2-3-14-8)10(11,12)13/h2-3,6H,4-5H2,1H3,(H2,14,15,16,17). The van der Waals surface area contributed by atoms with Gasteiger partial charge in [0.25, 0.3) is 0 Å². The Morgan fingerprint density at radius 2 is 2.22 bits per heavy atom. The number of carbonyl (C=O) groups is 1. The number of anilines is 1. The lowest BCUT2D eigenvalue weighted by atomic mass is 10.2. The highest BCUT2D eigenvalue weighted by molar-refractivity contribution is 7.98. The van der Waals surface area contributed by atoms with Crippen molar-refractivity contribution in [3.05, 3.63) is 23.9 Å². The molecule has 2 N–H and O–H groups in total. The Kier molecular flexibility index (Phi) is 5.26. The summed E-state index contributed by atoms with van der Waals surface area (Å²) in [6.45, 7) is 0.436. The van der Waals surface area contributed by atoms with Gasteiger partial charge in [-0.2, -0.15) is 24.9 Å². The summed E-state index contributed by atoms with van der Waals surface area (Å²) in [5.74, 6) is 0.593. The topological polar surface area (TPSA) is 54.0 Å². The van der Waals surface area contributed by atoms with Crippen LogP contribution in [0, 0.1) is 0 Å². The molecule has 4 nitrogen and oxygen atoms in total. The summed E-state index contributed by atoms with van der Waals surface area (Å²) in [6, 6.07) is 1.06. The Hall–Kier alpha value is -1.44. The maximum atomic E-state index is 12.4. The zero-order chi connectivity index (χ0) is 13.6. The zero-order valence-electron chi connectivity index (χ0n) is 9.54. The van der Waals surface area contributed by atoms with E-state index in [0.717, 1.165) is 24.1 Å². The minimum Gasteiger partial charge on any atom is -0.337 e. The van der Waals surface area contributed by atoms with Gasteiger partial charge in [0.2, 0.25) is 0 Å². The van der Waals surface area contributed by atoms with Gasteiger partial charge in [0.05, 0.1) is 5.56 Å². The third-order valence-corrected chi connectivity index (χ3v) is 2.53. The molecule has 0 aliphatic carbocycles. The van der Waals surface area contributed by atoms with Gasteiger partial charge in [-0.05, 0) is 18.4 Å². The van der Waals surface area contributed by atoms with Crippen molar-refractivity contribution in [3.63, 3.8) is 0 Å². The van der Waals surface area contributed by atoms with Crippen molar-refractivity contribution in [2.45, 2.75) is 6.18 Å². The van der Waals surface area contributed by atoms with Crippen molar-refractivity contribution in [2.24, 2.45) is 0 Å². The summed E-state index contributed by atoms with van der Waals surface area (Å²) in [6.07, 6.45) is -1.57. The van der Waals surface area contributed by atoms with E-state index >= 15 is 0 Å². The van der Waals surface area contributed by atoms with Crippen LogP contribution in [0.1, 0.15) is 5.56 Å². The van der Waals surface area contributed by atoms with Gasteiger partial charge < -0.3 is 5.32 Å². The normalized spacial score (nSPS) is 11.1. The molecule has 1 aromatic rings. The monoisotopic (exact) mass is 279 g/mol. The molecule has 1 heterocycles. The number of halogens is 3. The van der Waals surface area contributed by atoms with E-state index < -0.39 is 17.8 Å². The molecule has 0 aliphatic heterocycles. The molecule has 1 rings (SSSR count). The predicted octanol–water partition coefficient (Wildman–Crippen LogP) is 2.58. The van der Waals surface area contributed by atoms with Crippen LogP contribution in [0.5, 0.6) is 0 Å². The molecule has 0 aliphatic rings. The largest absolute Gasteiger partial charge is 0.416 e. The Balaban J connectivity index is 2.60. The molecule has 0 bridgehead atoms. The van der Waals surface area contributed by atoms with Crippen LogP contribution < -0.4 is 10.6 Å². The molecule has 0 radical (unpaired) electrons. The number of pyridine rings is 1. The predicted molar refractivity (Wildman–Crippen MR) is 64.6 cm³/mol. The Labute approximate surface area is 106 Å². The van der Waals surface area contributed by atoms with E-state index in [2.05, 4.69) is 15.6 Å². The van der Waals surface area contributed by atoms with E-state index in [0.29, 0.717) is 6.54 Å². The van der Waals surface area contributed by atoms with Crippen LogP contribution in [0.15, 0.2) is 18.3 Å². The molecule has 1 aromatic heterocycles. The highest BCUT2D eigenvalue weighted by Gasteiger charge is 2.30. The van der Waals surface area contributed by atoms with Crippen molar-refractivity contribution in [1.29, 1.82) is 0 Å². The van der Waals surface area contributed by atoms with Crippen molar-refractivity contribution in [2.75, 3.05) is 23.9 Å². The maximum Gasteiger partial charge on any atom is 0.416 e. The van der Waals surface area contributed by atoms with Crippen LogP contribution in [-0.2, 0) is 6.18 Å². The molecular weight excluding hydrogens is 267 g/mol. The molecule has 0 saturated heterocycles. The zero-order valence-corrected chi connectivity index (χ0v) is 10.4. The molecular formula is C10H12F3N3OS. The van der Waals surface area contributed by atoms with Crippen LogP contribution in [-0.4, -0.2) is 29.6 Å². The molecule has 0 atom stereocenters. The quantitative estimate of drug-likeness (QED) is 0.833. The van der Waals surface area contributed by atoms with Gasteiger partial charge in [-0.15, -0.1) is 0 Å². The molecule has 0 aromatic carbocycles. The number of amides is 2. The highest BCUT2D eigenvalue weighted by atomic mass is 32.2. The number of hydrogen-bond donors (Lipinski definition) is 2. The molecule has 2 amide bonds. The van der Waals surface area contributed by atoms with Gasteiger partial charge >= 0.3 is 12.2 Å². The first kappa shape index (κ1) is 14.6. The molecule has 0 spiro atoms. The van der Waals surface area contributed by atoms with Crippen molar-refractivity contribution in [3.8, 4) is 0 Å². The number of carbonyl (C=O) groups excluding carboxylic acids is 1. The van der Waals surface area contributed by atoms with Crippen LogP contribution in [0.25, 0.3) is 0 Å². The smallest absolute Gasteiger partial charge is 0.337 e. The van der Waals surface area contributed by atoms with E-state index in [1.54, 1.807) is 11.8 Å².